The van der Waals surface area contributed by atoms with Crippen molar-refractivity contribution < 1.29 is 18.7 Å². The Labute approximate surface area is 153 Å². The fourth-order valence-corrected chi connectivity index (χ4v) is 3.16. The summed E-state index contributed by atoms with van der Waals surface area (Å²) in [5, 5.41) is 0. The second kappa shape index (κ2) is 8.81. The van der Waals surface area contributed by atoms with Gasteiger partial charge in [0.25, 0.3) is 0 Å². The number of carbonyl (C=O) groups excluding carboxylic acids is 1. The van der Waals surface area contributed by atoms with Crippen LogP contribution in [0.2, 0.25) is 0 Å². The number of ether oxygens (including phenoxy) is 2. The minimum Gasteiger partial charge on any atom is -0.494 e. The molecule has 0 bridgehead atoms. The molecular weight excluding hydrogens is 333 g/mol. The summed E-state index contributed by atoms with van der Waals surface area (Å²) in [5.41, 5.74) is 1.94. The van der Waals surface area contributed by atoms with Crippen molar-refractivity contribution in [3.63, 3.8) is 0 Å². The number of para-hydroxylation sites is 1. The van der Waals surface area contributed by atoms with E-state index in [-0.39, 0.29) is 17.8 Å². The normalized spacial score (nSPS) is 17.2. The Bertz CT molecular complexity index is 732. The van der Waals surface area contributed by atoms with E-state index in [9.17, 15) is 9.18 Å². The molecule has 2 aromatic rings. The molecule has 1 saturated heterocycles. The van der Waals surface area contributed by atoms with Gasteiger partial charge < -0.3 is 14.4 Å². The molecule has 0 aromatic heterocycles. The molecule has 26 heavy (non-hydrogen) atoms. The average Bonchev–Trinajstić information content (AvgIpc) is 2.68. The zero-order valence-corrected chi connectivity index (χ0v) is 15.0. The maximum atomic E-state index is 13.1. The summed E-state index contributed by atoms with van der Waals surface area (Å²) in [6.07, 6.45) is 0.873. The van der Waals surface area contributed by atoms with E-state index in [1.807, 2.05) is 36.1 Å². The molecule has 3 rings (SSSR count). The van der Waals surface area contributed by atoms with Gasteiger partial charge in [0.1, 0.15) is 17.7 Å². The van der Waals surface area contributed by atoms with E-state index in [1.54, 1.807) is 12.1 Å². The highest BCUT2D eigenvalue weighted by Crippen LogP contribution is 2.24. The SMILES string of the molecule is CCOc1ccccc1CCC(=O)N1CCOC(c2ccc(F)cc2)C1. The Morgan fingerprint density at radius 3 is 2.77 bits per heavy atom. The van der Waals surface area contributed by atoms with E-state index in [4.69, 9.17) is 9.47 Å². The maximum Gasteiger partial charge on any atom is 0.223 e. The largest absolute Gasteiger partial charge is 0.494 e. The van der Waals surface area contributed by atoms with Gasteiger partial charge in [-0.1, -0.05) is 30.3 Å². The molecule has 0 N–H and O–H groups in total. The van der Waals surface area contributed by atoms with Crippen LogP contribution in [0, 0.1) is 5.82 Å². The van der Waals surface area contributed by atoms with Gasteiger partial charge in [-0.05, 0) is 42.7 Å². The molecule has 1 fully saturated rings. The first-order valence-electron chi connectivity index (χ1n) is 9.03. The monoisotopic (exact) mass is 357 g/mol. The Hall–Kier alpha value is -2.40. The van der Waals surface area contributed by atoms with Gasteiger partial charge >= 0.3 is 0 Å². The lowest BCUT2D eigenvalue weighted by atomic mass is 10.1. The molecule has 0 spiro atoms. The summed E-state index contributed by atoms with van der Waals surface area (Å²) >= 11 is 0. The van der Waals surface area contributed by atoms with E-state index < -0.39 is 0 Å². The van der Waals surface area contributed by atoms with E-state index in [0.717, 1.165) is 16.9 Å². The molecule has 138 valence electrons. The van der Waals surface area contributed by atoms with Crippen LogP contribution in [0.4, 0.5) is 4.39 Å². The molecule has 1 amide bonds. The van der Waals surface area contributed by atoms with Crippen LogP contribution in [0.1, 0.15) is 30.6 Å². The zero-order valence-electron chi connectivity index (χ0n) is 15.0. The Balaban J connectivity index is 1.58. The summed E-state index contributed by atoms with van der Waals surface area (Å²) in [6.45, 7) is 4.13. The number of hydrogen-bond donors (Lipinski definition) is 0. The molecular formula is C21H24FNO3. The molecule has 4 nitrogen and oxygen atoms in total. The summed E-state index contributed by atoms with van der Waals surface area (Å²) in [6, 6.07) is 14.1. The van der Waals surface area contributed by atoms with Gasteiger partial charge in [0, 0.05) is 13.0 Å². The van der Waals surface area contributed by atoms with Crippen LogP contribution in [0.3, 0.4) is 0 Å². The fraction of sp³-hybridized carbons (Fsp3) is 0.381. The third kappa shape index (κ3) is 4.61. The number of rotatable bonds is 6. The maximum absolute atomic E-state index is 13.1. The molecule has 2 aromatic carbocycles. The van der Waals surface area contributed by atoms with Crippen molar-refractivity contribution in [2.75, 3.05) is 26.3 Å². The number of morpholine rings is 1. The highest BCUT2D eigenvalue weighted by molar-refractivity contribution is 5.76. The lowest BCUT2D eigenvalue weighted by Gasteiger charge is -2.33. The summed E-state index contributed by atoms with van der Waals surface area (Å²) in [4.78, 5) is 14.5. The minimum atomic E-state index is -0.273. The fourth-order valence-electron chi connectivity index (χ4n) is 3.16. The predicted molar refractivity (Wildman–Crippen MR) is 97.6 cm³/mol. The number of nitrogens with zero attached hydrogens (tertiary/aromatic N) is 1. The van der Waals surface area contributed by atoms with Crippen LogP contribution in [-0.2, 0) is 16.0 Å². The van der Waals surface area contributed by atoms with Crippen molar-refractivity contribution in [1.82, 2.24) is 4.90 Å². The topological polar surface area (TPSA) is 38.8 Å². The quantitative estimate of drug-likeness (QED) is 0.790. The summed E-state index contributed by atoms with van der Waals surface area (Å²) in [5.74, 6) is 0.672. The third-order valence-electron chi connectivity index (χ3n) is 4.54. The molecule has 0 aliphatic carbocycles. The first-order valence-corrected chi connectivity index (χ1v) is 9.03. The number of halogens is 1. The first-order chi connectivity index (χ1) is 12.7. The molecule has 0 radical (unpaired) electrons. The number of hydrogen-bond acceptors (Lipinski definition) is 3. The number of carbonyl (C=O) groups is 1. The van der Waals surface area contributed by atoms with E-state index in [0.29, 0.717) is 39.1 Å². The molecule has 1 heterocycles. The van der Waals surface area contributed by atoms with Crippen LogP contribution >= 0.6 is 0 Å². The van der Waals surface area contributed by atoms with E-state index >= 15 is 0 Å². The van der Waals surface area contributed by atoms with Crippen molar-refractivity contribution in [1.29, 1.82) is 0 Å². The average molecular weight is 357 g/mol. The van der Waals surface area contributed by atoms with Crippen molar-refractivity contribution in [2.24, 2.45) is 0 Å². The van der Waals surface area contributed by atoms with Gasteiger partial charge in [-0.2, -0.15) is 0 Å². The molecule has 5 heteroatoms. The van der Waals surface area contributed by atoms with Gasteiger partial charge in [-0.3, -0.25) is 4.79 Å². The Morgan fingerprint density at radius 2 is 2.00 bits per heavy atom. The van der Waals surface area contributed by atoms with Crippen LogP contribution in [0.15, 0.2) is 48.5 Å². The molecule has 0 saturated carbocycles. The highest BCUT2D eigenvalue weighted by Gasteiger charge is 2.25. The predicted octanol–water partition coefficient (Wildman–Crippen LogP) is 3.76. The standard InChI is InChI=1S/C21H24FNO3/c1-2-25-19-6-4-3-5-16(19)9-12-21(24)23-13-14-26-20(15-23)17-7-10-18(22)11-8-17/h3-8,10-11,20H,2,9,12-15H2,1H3. The zero-order chi connectivity index (χ0) is 18.4. The van der Waals surface area contributed by atoms with Crippen molar-refractivity contribution in [3.8, 4) is 5.75 Å². The van der Waals surface area contributed by atoms with E-state index in [2.05, 4.69) is 0 Å². The van der Waals surface area contributed by atoms with Crippen LogP contribution < -0.4 is 4.74 Å². The van der Waals surface area contributed by atoms with Gasteiger partial charge in [0.05, 0.1) is 19.8 Å². The van der Waals surface area contributed by atoms with Gasteiger partial charge in [0.2, 0.25) is 5.91 Å². The van der Waals surface area contributed by atoms with E-state index in [1.165, 1.54) is 12.1 Å². The van der Waals surface area contributed by atoms with Gasteiger partial charge in [0.15, 0.2) is 0 Å². The highest BCUT2D eigenvalue weighted by atomic mass is 19.1. The smallest absolute Gasteiger partial charge is 0.223 e. The lowest BCUT2D eigenvalue weighted by Crippen LogP contribution is -2.42. The molecule has 1 unspecified atom stereocenters. The Kier molecular flexibility index (Phi) is 6.23. The van der Waals surface area contributed by atoms with Gasteiger partial charge in [-0.25, -0.2) is 4.39 Å². The molecule has 1 atom stereocenters. The van der Waals surface area contributed by atoms with Crippen molar-refractivity contribution in [3.05, 3.63) is 65.5 Å². The second-order valence-electron chi connectivity index (χ2n) is 6.29. The van der Waals surface area contributed by atoms with Crippen LogP contribution in [0.25, 0.3) is 0 Å². The van der Waals surface area contributed by atoms with Crippen molar-refractivity contribution in [2.45, 2.75) is 25.9 Å². The number of amides is 1. The van der Waals surface area contributed by atoms with Gasteiger partial charge in [-0.15, -0.1) is 0 Å². The van der Waals surface area contributed by atoms with Crippen molar-refractivity contribution >= 4 is 5.91 Å². The number of benzene rings is 2. The second-order valence-corrected chi connectivity index (χ2v) is 6.29. The summed E-state index contributed by atoms with van der Waals surface area (Å²) < 4.78 is 24.5. The third-order valence-corrected chi connectivity index (χ3v) is 4.54. The number of aryl methyl sites for hydroxylation is 1. The minimum absolute atomic E-state index is 0.103. The van der Waals surface area contributed by atoms with Crippen LogP contribution in [-0.4, -0.2) is 37.1 Å². The summed E-state index contributed by atoms with van der Waals surface area (Å²) in [7, 11) is 0. The Morgan fingerprint density at radius 1 is 1.23 bits per heavy atom. The molecule has 1 aliphatic heterocycles. The molecule has 1 aliphatic rings. The van der Waals surface area contributed by atoms with Crippen LogP contribution in [0.5, 0.6) is 5.75 Å². The first kappa shape index (κ1) is 18.4. The lowest BCUT2D eigenvalue weighted by molar-refractivity contribution is -0.139.